The quantitative estimate of drug-likeness (QED) is 0.710. The van der Waals surface area contributed by atoms with E-state index in [2.05, 4.69) is 5.32 Å². The summed E-state index contributed by atoms with van der Waals surface area (Å²) in [4.78, 5) is 27.8. The third-order valence-corrected chi connectivity index (χ3v) is 8.39. The number of sulfone groups is 1. The Labute approximate surface area is 171 Å². The molecular formula is C20H28N2O4S2. The molecule has 1 aliphatic heterocycles. The molecule has 1 atom stereocenters. The van der Waals surface area contributed by atoms with E-state index in [9.17, 15) is 18.0 Å². The summed E-state index contributed by atoms with van der Waals surface area (Å²) in [6, 6.07) is 7.16. The van der Waals surface area contributed by atoms with E-state index in [1.165, 1.54) is 31.0 Å². The Morgan fingerprint density at radius 2 is 1.86 bits per heavy atom. The van der Waals surface area contributed by atoms with Crippen LogP contribution in [0.15, 0.2) is 29.2 Å². The zero-order valence-electron chi connectivity index (χ0n) is 16.2. The molecule has 1 heterocycles. The van der Waals surface area contributed by atoms with Crippen LogP contribution in [0.1, 0.15) is 48.9 Å². The van der Waals surface area contributed by atoms with Gasteiger partial charge in [-0.15, -0.1) is 11.8 Å². The molecule has 154 valence electrons. The number of nitrogens with zero attached hydrogens (tertiary/aromatic N) is 1. The van der Waals surface area contributed by atoms with Gasteiger partial charge in [0.25, 0.3) is 5.91 Å². The first kappa shape index (κ1) is 21.2. The Morgan fingerprint density at radius 1 is 1.14 bits per heavy atom. The summed E-state index contributed by atoms with van der Waals surface area (Å²) in [5.74, 6) is 0.205. The summed E-state index contributed by atoms with van der Waals surface area (Å²) in [5, 5.41) is 2.83. The standard InChI is InChI=1S/C20H28N2O4S2/c1-22(16-7-3-2-4-8-16)19(23)13-27-18-10-6-5-9-17(18)20(24)21-15-11-12-28(25,26)14-15/h5-6,9-10,15-16H,2-4,7-8,11-14H2,1H3,(H,21,24). The molecule has 1 aromatic carbocycles. The molecule has 2 aliphatic rings. The van der Waals surface area contributed by atoms with Gasteiger partial charge in [0.15, 0.2) is 9.84 Å². The number of amides is 2. The molecule has 3 rings (SSSR count). The summed E-state index contributed by atoms with van der Waals surface area (Å²) in [5.41, 5.74) is 0.491. The van der Waals surface area contributed by atoms with Crippen molar-refractivity contribution in [2.24, 2.45) is 0 Å². The normalized spacial score (nSPS) is 22.0. The van der Waals surface area contributed by atoms with Gasteiger partial charge in [-0.2, -0.15) is 0 Å². The zero-order valence-corrected chi connectivity index (χ0v) is 17.9. The Balaban J connectivity index is 1.59. The van der Waals surface area contributed by atoms with Gasteiger partial charge in [0, 0.05) is 24.0 Å². The van der Waals surface area contributed by atoms with Crippen LogP contribution in [0.2, 0.25) is 0 Å². The average molecular weight is 425 g/mol. The van der Waals surface area contributed by atoms with Gasteiger partial charge in [0.2, 0.25) is 5.91 Å². The van der Waals surface area contributed by atoms with E-state index in [-0.39, 0.29) is 35.1 Å². The van der Waals surface area contributed by atoms with Crippen molar-refractivity contribution in [2.75, 3.05) is 24.3 Å². The van der Waals surface area contributed by atoms with Gasteiger partial charge in [0.05, 0.1) is 22.8 Å². The average Bonchev–Trinajstić information content (AvgIpc) is 3.04. The molecule has 0 radical (unpaired) electrons. The van der Waals surface area contributed by atoms with Crippen molar-refractivity contribution in [3.8, 4) is 0 Å². The van der Waals surface area contributed by atoms with Gasteiger partial charge < -0.3 is 10.2 Å². The maximum Gasteiger partial charge on any atom is 0.252 e. The van der Waals surface area contributed by atoms with Crippen LogP contribution in [-0.4, -0.2) is 61.5 Å². The number of thioether (sulfide) groups is 1. The molecule has 1 saturated carbocycles. The van der Waals surface area contributed by atoms with E-state index >= 15 is 0 Å². The molecule has 28 heavy (non-hydrogen) atoms. The fraction of sp³-hybridized carbons (Fsp3) is 0.600. The first-order valence-corrected chi connectivity index (χ1v) is 12.7. The minimum absolute atomic E-state index is 0.00127. The molecule has 2 fully saturated rings. The lowest BCUT2D eigenvalue weighted by atomic mass is 9.94. The number of nitrogens with one attached hydrogen (secondary N) is 1. The second kappa shape index (κ2) is 9.31. The highest BCUT2D eigenvalue weighted by atomic mass is 32.2. The molecule has 8 heteroatoms. The van der Waals surface area contributed by atoms with Crippen molar-refractivity contribution in [3.63, 3.8) is 0 Å². The monoisotopic (exact) mass is 424 g/mol. The summed E-state index contributed by atoms with van der Waals surface area (Å²) in [6.45, 7) is 0. The van der Waals surface area contributed by atoms with Crippen LogP contribution >= 0.6 is 11.8 Å². The van der Waals surface area contributed by atoms with Crippen molar-refractivity contribution in [1.29, 1.82) is 0 Å². The third kappa shape index (κ3) is 5.50. The van der Waals surface area contributed by atoms with Gasteiger partial charge in [-0.3, -0.25) is 9.59 Å². The maximum atomic E-state index is 12.6. The van der Waals surface area contributed by atoms with Crippen molar-refractivity contribution in [1.82, 2.24) is 10.2 Å². The van der Waals surface area contributed by atoms with Gasteiger partial charge in [-0.1, -0.05) is 31.4 Å². The summed E-state index contributed by atoms with van der Waals surface area (Å²) >= 11 is 1.36. The van der Waals surface area contributed by atoms with Crippen LogP contribution < -0.4 is 5.32 Å². The van der Waals surface area contributed by atoms with Crippen LogP contribution in [0.25, 0.3) is 0 Å². The molecule has 1 saturated heterocycles. The minimum Gasteiger partial charge on any atom is -0.348 e. The molecule has 1 aromatic rings. The third-order valence-electron chi connectivity index (χ3n) is 5.57. The Bertz CT molecular complexity index is 819. The smallest absolute Gasteiger partial charge is 0.252 e. The van der Waals surface area contributed by atoms with Crippen molar-refractivity contribution >= 4 is 33.4 Å². The number of benzene rings is 1. The Hall–Kier alpha value is -1.54. The predicted octanol–water partition coefficient (Wildman–Crippen LogP) is 2.49. The Kier molecular flexibility index (Phi) is 7.04. The highest BCUT2D eigenvalue weighted by Crippen LogP contribution is 2.26. The molecule has 6 nitrogen and oxygen atoms in total. The highest BCUT2D eigenvalue weighted by Gasteiger charge is 2.29. The summed E-state index contributed by atoms with van der Waals surface area (Å²) < 4.78 is 23.2. The van der Waals surface area contributed by atoms with Crippen LogP contribution in [0.3, 0.4) is 0 Å². The van der Waals surface area contributed by atoms with E-state index in [4.69, 9.17) is 0 Å². The van der Waals surface area contributed by atoms with E-state index in [0.717, 1.165) is 17.7 Å². The van der Waals surface area contributed by atoms with Crippen LogP contribution in [0, 0.1) is 0 Å². The number of hydrogen-bond donors (Lipinski definition) is 1. The molecule has 1 aliphatic carbocycles. The van der Waals surface area contributed by atoms with Crippen LogP contribution in [0.4, 0.5) is 0 Å². The SMILES string of the molecule is CN(C(=O)CSc1ccccc1C(=O)NC1CCS(=O)(=O)C1)C1CCCCC1. The van der Waals surface area contributed by atoms with E-state index in [1.807, 2.05) is 24.1 Å². The first-order valence-electron chi connectivity index (χ1n) is 9.84. The number of hydrogen-bond acceptors (Lipinski definition) is 5. The van der Waals surface area contributed by atoms with Gasteiger partial charge in [-0.25, -0.2) is 8.42 Å². The molecule has 0 aromatic heterocycles. The zero-order chi connectivity index (χ0) is 20.1. The van der Waals surface area contributed by atoms with Crippen LogP contribution in [-0.2, 0) is 14.6 Å². The minimum atomic E-state index is -3.05. The van der Waals surface area contributed by atoms with Gasteiger partial charge in [0.1, 0.15) is 0 Å². The number of carbonyl (C=O) groups excluding carboxylic acids is 2. The fourth-order valence-electron chi connectivity index (χ4n) is 3.87. The molecule has 1 N–H and O–H groups in total. The fourth-order valence-corrected chi connectivity index (χ4v) is 6.51. The summed E-state index contributed by atoms with van der Waals surface area (Å²) in [6.07, 6.45) is 6.18. The number of rotatable bonds is 6. The van der Waals surface area contributed by atoms with Gasteiger partial charge >= 0.3 is 0 Å². The van der Waals surface area contributed by atoms with Gasteiger partial charge in [-0.05, 0) is 31.4 Å². The number of carbonyl (C=O) groups is 2. The van der Waals surface area contributed by atoms with E-state index < -0.39 is 9.84 Å². The highest BCUT2D eigenvalue weighted by molar-refractivity contribution is 8.00. The molecule has 0 spiro atoms. The molecule has 2 amide bonds. The molecule has 1 unspecified atom stereocenters. The van der Waals surface area contributed by atoms with E-state index in [0.29, 0.717) is 18.0 Å². The second-order valence-electron chi connectivity index (χ2n) is 7.65. The van der Waals surface area contributed by atoms with E-state index in [1.54, 1.807) is 12.1 Å². The molecular weight excluding hydrogens is 396 g/mol. The first-order chi connectivity index (χ1) is 13.4. The topological polar surface area (TPSA) is 83.6 Å². The lowest BCUT2D eigenvalue weighted by Crippen LogP contribution is -2.39. The van der Waals surface area contributed by atoms with Crippen molar-refractivity contribution in [3.05, 3.63) is 29.8 Å². The molecule has 0 bridgehead atoms. The van der Waals surface area contributed by atoms with Crippen LogP contribution in [0.5, 0.6) is 0 Å². The predicted molar refractivity (Wildman–Crippen MR) is 111 cm³/mol. The van der Waals surface area contributed by atoms with Crippen molar-refractivity contribution < 1.29 is 18.0 Å². The summed E-state index contributed by atoms with van der Waals surface area (Å²) in [7, 11) is -1.17. The lowest BCUT2D eigenvalue weighted by Gasteiger charge is -2.31. The van der Waals surface area contributed by atoms with Crippen molar-refractivity contribution in [2.45, 2.75) is 55.5 Å². The lowest BCUT2D eigenvalue weighted by molar-refractivity contribution is -0.129. The Morgan fingerprint density at radius 3 is 2.54 bits per heavy atom. The largest absolute Gasteiger partial charge is 0.348 e. The maximum absolute atomic E-state index is 12.6. The second-order valence-corrected chi connectivity index (χ2v) is 10.9.